The molecule has 0 spiro atoms. The fraction of sp³-hybridized carbons (Fsp3) is 0.364. The number of hydrogen-bond acceptors (Lipinski definition) is 3. The van der Waals surface area contributed by atoms with Crippen LogP contribution in [0.1, 0.15) is 18.7 Å². The van der Waals surface area contributed by atoms with Crippen molar-refractivity contribution >= 4 is 21.9 Å². The third-order valence-electron chi connectivity index (χ3n) is 1.96. The fourth-order valence-corrected chi connectivity index (χ4v) is 1.62. The van der Waals surface area contributed by atoms with Gasteiger partial charge in [0.05, 0.1) is 13.7 Å². The number of carbonyl (C=O) groups is 1. The molecule has 0 aliphatic rings. The van der Waals surface area contributed by atoms with Crippen molar-refractivity contribution in [3.8, 4) is 5.75 Å². The molecule has 3 nitrogen and oxygen atoms in total. The highest BCUT2D eigenvalue weighted by molar-refractivity contribution is 9.10. The number of methoxy groups -OCH3 is 1. The highest BCUT2D eigenvalue weighted by atomic mass is 79.9. The van der Waals surface area contributed by atoms with Crippen molar-refractivity contribution in [1.82, 2.24) is 0 Å². The van der Waals surface area contributed by atoms with Gasteiger partial charge in [-0.1, -0.05) is 15.9 Å². The molecule has 88 valence electrons. The van der Waals surface area contributed by atoms with Gasteiger partial charge in [-0.15, -0.1) is 0 Å². The zero-order valence-corrected chi connectivity index (χ0v) is 10.6. The lowest BCUT2D eigenvalue weighted by molar-refractivity contribution is -0.149. The Balaban J connectivity index is 3.01. The Morgan fingerprint density at radius 2 is 2.25 bits per heavy atom. The predicted molar refractivity (Wildman–Crippen MR) is 61.2 cm³/mol. The van der Waals surface area contributed by atoms with E-state index in [4.69, 9.17) is 4.74 Å². The van der Waals surface area contributed by atoms with E-state index in [0.29, 0.717) is 10.2 Å². The van der Waals surface area contributed by atoms with E-state index in [-0.39, 0.29) is 12.2 Å². The number of hydrogen-bond donors (Lipinski definition) is 0. The van der Waals surface area contributed by atoms with Crippen LogP contribution in [0, 0.1) is 0 Å². The molecular weight excluding hydrogens is 279 g/mol. The van der Waals surface area contributed by atoms with Crippen LogP contribution in [0.15, 0.2) is 22.7 Å². The quantitative estimate of drug-likeness (QED) is 0.800. The molecule has 0 aromatic heterocycles. The maximum atomic E-state index is 13.8. The van der Waals surface area contributed by atoms with Crippen molar-refractivity contribution in [3.05, 3.63) is 28.2 Å². The summed E-state index contributed by atoms with van der Waals surface area (Å²) in [5.74, 6) is -0.581. The van der Waals surface area contributed by atoms with Crippen molar-refractivity contribution in [2.45, 2.75) is 13.1 Å². The zero-order valence-electron chi connectivity index (χ0n) is 9.00. The number of benzene rings is 1. The molecule has 0 amide bonds. The van der Waals surface area contributed by atoms with Gasteiger partial charge in [0, 0.05) is 10.0 Å². The van der Waals surface area contributed by atoms with Crippen LogP contribution in [-0.2, 0) is 9.53 Å². The van der Waals surface area contributed by atoms with Gasteiger partial charge in [-0.2, -0.15) is 0 Å². The molecule has 0 N–H and O–H groups in total. The Kier molecular flexibility index (Phi) is 4.73. The molecule has 1 aromatic carbocycles. The van der Waals surface area contributed by atoms with Crippen LogP contribution in [0.5, 0.6) is 5.75 Å². The van der Waals surface area contributed by atoms with Crippen LogP contribution < -0.4 is 4.74 Å². The van der Waals surface area contributed by atoms with Gasteiger partial charge in [-0.25, -0.2) is 9.18 Å². The molecule has 0 heterocycles. The van der Waals surface area contributed by atoms with Crippen molar-refractivity contribution in [3.63, 3.8) is 0 Å². The molecule has 0 aliphatic heterocycles. The highest BCUT2D eigenvalue weighted by Crippen LogP contribution is 2.31. The van der Waals surface area contributed by atoms with Crippen molar-refractivity contribution in [1.29, 1.82) is 0 Å². The number of rotatable bonds is 4. The molecule has 0 fully saturated rings. The summed E-state index contributed by atoms with van der Waals surface area (Å²) in [7, 11) is 1.42. The van der Waals surface area contributed by atoms with Gasteiger partial charge in [0.15, 0.2) is 0 Å². The predicted octanol–water partition coefficient (Wildman–Crippen LogP) is 3.03. The second-order valence-corrected chi connectivity index (χ2v) is 3.92. The Morgan fingerprint density at radius 1 is 1.56 bits per heavy atom. The summed E-state index contributed by atoms with van der Waals surface area (Å²) in [6.07, 6.45) is -1.83. The van der Waals surface area contributed by atoms with E-state index in [1.165, 1.54) is 13.2 Å². The Hall–Kier alpha value is -1.10. The second-order valence-electron chi connectivity index (χ2n) is 3.00. The average Bonchev–Trinajstić information content (AvgIpc) is 2.28. The van der Waals surface area contributed by atoms with E-state index in [2.05, 4.69) is 20.7 Å². The second kappa shape index (κ2) is 5.84. The van der Waals surface area contributed by atoms with Gasteiger partial charge in [-0.05, 0) is 25.1 Å². The first-order chi connectivity index (χ1) is 7.60. The van der Waals surface area contributed by atoms with E-state index in [9.17, 15) is 9.18 Å². The lowest BCUT2D eigenvalue weighted by Gasteiger charge is -2.12. The van der Waals surface area contributed by atoms with Crippen LogP contribution in [-0.4, -0.2) is 19.7 Å². The molecule has 0 saturated heterocycles. The minimum absolute atomic E-state index is 0.148. The SMILES string of the molecule is CCOC(=O)C(F)c1cc(Br)ccc1OC. The Morgan fingerprint density at radius 3 is 2.81 bits per heavy atom. The number of carbonyl (C=O) groups excluding carboxylic acids is 1. The summed E-state index contributed by atoms with van der Waals surface area (Å²) in [5.41, 5.74) is 0.162. The zero-order chi connectivity index (χ0) is 12.1. The first-order valence-electron chi connectivity index (χ1n) is 4.74. The maximum Gasteiger partial charge on any atom is 0.345 e. The first-order valence-corrected chi connectivity index (χ1v) is 5.53. The van der Waals surface area contributed by atoms with Gasteiger partial charge in [0.2, 0.25) is 6.17 Å². The van der Waals surface area contributed by atoms with Gasteiger partial charge in [0.25, 0.3) is 0 Å². The number of esters is 1. The summed E-state index contributed by atoms with van der Waals surface area (Å²) in [5, 5.41) is 0. The first kappa shape index (κ1) is 13.0. The molecule has 16 heavy (non-hydrogen) atoms. The fourth-order valence-electron chi connectivity index (χ4n) is 1.25. The summed E-state index contributed by atoms with van der Waals surface area (Å²) in [6.45, 7) is 1.78. The molecule has 5 heteroatoms. The number of halogens is 2. The third kappa shape index (κ3) is 2.95. The summed E-state index contributed by atoms with van der Waals surface area (Å²) < 4.78 is 24.0. The standard InChI is InChI=1S/C11H12BrFO3/c1-3-16-11(14)10(13)8-6-7(12)4-5-9(8)15-2/h4-6,10H,3H2,1-2H3. The minimum atomic E-state index is -1.83. The highest BCUT2D eigenvalue weighted by Gasteiger charge is 2.24. The lowest BCUT2D eigenvalue weighted by atomic mass is 10.1. The van der Waals surface area contributed by atoms with Crippen molar-refractivity contribution < 1.29 is 18.7 Å². The smallest absolute Gasteiger partial charge is 0.345 e. The molecule has 0 saturated carbocycles. The lowest BCUT2D eigenvalue weighted by Crippen LogP contribution is -2.12. The molecule has 1 rings (SSSR count). The third-order valence-corrected chi connectivity index (χ3v) is 2.45. The van der Waals surface area contributed by atoms with E-state index in [1.807, 2.05) is 0 Å². The molecule has 0 bridgehead atoms. The van der Waals surface area contributed by atoms with E-state index in [1.54, 1.807) is 19.1 Å². The van der Waals surface area contributed by atoms with Crippen LogP contribution >= 0.6 is 15.9 Å². The molecule has 0 radical (unpaired) electrons. The van der Waals surface area contributed by atoms with Gasteiger partial charge in [-0.3, -0.25) is 0 Å². The van der Waals surface area contributed by atoms with E-state index in [0.717, 1.165) is 0 Å². The molecule has 1 unspecified atom stereocenters. The molecule has 1 atom stereocenters. The molecule has 0 aliphatic carbocycles. The summed E-state index contributed by atoms with van der Waals surface area (Å²) in [6, 6.07) is 4.80. The maximum absolute atomic E-state index is 13.8. The van der Waals surface area contributed by atoms with E-state index >= 15 is 0 Å². The minimum Gasteiger partial charge on any atom is -0.496 e. The van der Waals surface area contributed by atoms with Crippen LogP contribution in [0.3, 0.4) is 0 Å². The average molecular weight is 291 g/mol. The Bertz CT molecular complexity index is 381. The summed E-state index contributed by atoms with van der Waals surface area (Å²) in [4.78, 5) is 11.3. The monoisotopic (exact) mass is 290 g/mol. The number of ether oxygens (including phenoxy) is 2. The van der Waals surface area contributed by atoms with Crippen molar-refractivity contribution in [2.75, 3.05) is 13.7 Å². The van der Waals surface area contributed by atoms with Crippen LogP contribution in [0.2, 0.25) is 0 Å². The largest absolute Gasteiger partial charge is 0.496 e. The molecule has 1 aromatic rings. The van der Waals surface area contributed by atoms with Crippen LogP contribution in [0.25, 0.3) is 0 Å². The summed E-state index contributed by atoms with van der Waals surface area (Å²) >= 11 is 3.21. The van der Waals surface area contributed by atoms with Gasteiger partial charge in [0.1, 0.15) is 5.75 Å². The Labute approximate surface area is 102 Å². The van der Waals surface area contributed by atoms with Gasteiger partial charge < -0.3 is 9.47 Å². The normalized spacial score (nSPS) is 12.0. The number of alkyl halides is 1. The van der Waals surface area contributed by atoms with Crippen LogP contribution in [0.4, 0.5) is 4.39 Å². The van der Waals surface area contributed by atoms with E-state index < -0.39 is 12.1 Å². The topological polar surface area (TPSA) is 35.5 Å². The van der Waals surface area contributed by atoms with Gasteiger partial charge >= 0.3 is 5.97 Å². The molecular formula is C11H12BrFO3. The van der Waals surface area contributed by atoms with Crippen molar-refractivity contribution in [2.24, 2.45) is 0 Å².